The maximum atomic E-state index is 9.32. The van der Waals surface area contributed by atoms with Gasteiger partial charge in [0.25, 0.3) is 0 Å². The summed E-state index contributed by atoms with van der Waals surface area (Å²) in [4.78, 5) is 3.80. The summed E-state index contributed by atoms with van der Waals surface area (Å²) in [7, 11) is 0. The maximum absolute atomic E-state index is 9.32. The van der Waals surface area contributed by atoms with Gasteiger partial charge in [-0.1, -0.05) is 13.8 Å². The zero-order valence-electron chi connectivity index (χ0n) is 8.52. The van der Waals surface area contributed by atoms with Gasteiger partial charge in [0.1, 0.15) is 17.6 Å². The van der Waals surface area contributed by atoms with Crippen LogP contribution in [0, 0.1) is 6.92 Å². The third kappa shape index (κ3) is 1.48. The number of hydrogen-bond acceptors (Lipinski definition) is 4. The van der Waals surface area contributed by atoms with Crippen LogP contribution in [0.15, 0.2) is 12.4 Å². The fraction of sp³-hybridized carbons (Fsp3) is 0.333. The van der Waals surface area contributed by atoms with Crippen LogP contribution in [0.4, 0.5) is 5.82 Å². The van der Waals surface area contributed by atoms with Gasteiger partial charge in [-0.15, -0.1) is 0 Å². The number of anilines is 1. The van der Waals surface area contributed by atoms with Crippen molar-refractivity contribution >= 4 is 11.3 Å². The lowest BCUT2D eigenvalue weighted by Gasteiger charge is -1.96. The molecule has 5 heteroatoms. The second kappa shape index (κ2) is 3.95. The van der Waals surface area contributed by atoms with Crippen LogP contribution in [0.25, 0.3) is 5.52 Å². The largest absolute Gasteiger partial charge is 0.506 e. The molecule has 0 fully saturated rings. The molecule has 0 aromatic carbocycles. The van der Waals surface area contributed by atoms with E-state index < -0.39 is 0 Å². The molecule has 0 aliphatic carbocycles. The van der Waals surface area contributed by atoms with E-state index in [1.165, 1.54) is 6.33 Å². The third-order valence-corrected chi connectivity index (χ3v) is 1.82. The molecule has 0 bridgehead atoms. The molecule has 0 saturated carbocycles. The second-order valence-electron chi connectivity index (χ2n) is 2.56. The van der Waals surface area contributed by atoms with Gasteiger partial charge in [-0.3, -0.25) is 0 Å². The topological polar surface area (TPSA) is 76.4 Å². The first-order chi connectivity index (χ1) is 6.70. The quantitative estimate of drug-likeness (QED) is 0.663. The van der Waals surface area contributed by atoms with Gasteiger partial charge in [0.15, 0.2) is 5.82 Å². The summed E-state index contributed by atoms with van der Waals surface area (Å²) >= 11 is 0. The van der Waals surface area contributed by atoms with Crippen molar-refractivity contribution in [2.24, 2.45) is 0 Å². The van der Waals surface area contributed by atoms with Crippen molar-refractivity contribution < 1.29 is 5.11 Å². The highest BCUT2D eigenvalue weighted by atomic mass is 16.3. The molecule has 0 aliphatic rings. The zero-order valence-corrected chi connectivity index (χ0v) is 8.52. The molecule has 0 amide bonds. The van der Waals surface area contributed by atoms with E-state index in [0.29, 0.717) is 17.0 Å². The molecule has 5 nitrogen and oxygen atoms in total. The number of fused-ring (bicyclic) bond motifs is 1. The molecule has 2 aromatic heterocycles. The molecule has 0 atom stereocenters. The molecule has 0 spiro atoms. The van der Waals surface area contributed by atoms with E-state index in [-0.39, 0.29) is 5.75 Å². The van der Waals surface area contributed by atoms with Gasteiger partial charge in [-0.25, -0.2) is 9.50 Å². The summed E-state index contributed by atoms with van der Waals surface area (Å²) < 4.78 is 1.55. The zero-order chi connectivity index (χ0) is 10.7. The summed E-state index contributed by atoms with van der Waals surface area (Å²) in [6.45, 7) is 5.76. The minimum atomic E-state index is 0.183. The number of aromatic nitrogens is 3. The summed E-state index contributed by atoms with van der Waals surface area (Å²) in [6.07, 6.45) is 1.36. The van der Waals surface area contributed by atoms with Crippen molar-refractivity contribution in [1.29, 1.82) is 0 Å². The monoisotopic (exact) mass is 194 g/mol. The third-order valence-electron chi connectivity index (χ3n) is 1.82. The second-order valence-corrected chi connectivity index (χ2v) is 2.56. The Hall–Kier alpha value is -1.78. The van der Waals surface area contributed by atoms with E-state index in [1.54, 1.807) is 17.5 Å². The highest BCUT2D eigenvalue weighted by Gasteiger charge is 2.07. The molecular weight excluding hydrogens is 180 g/mol. The lowest BCUT2D eigenvalue weighted by Crippen LogP contribution is -1.99. The Bertz CT molecular complexity index is 436. The Labute approximate surface area is 82.2 Å². The van der Waals surface area contributed by atoms with E-state index in [9.17, 15) is 5.11 Å². The molecular formula is C9H14N4O. The number of nitrogens with zero attached hydrogens (tertiary/aromatic N) is 3. The fourth-order valence-electron chi connectivity index (χ4n) is 1.12. The molecule has 14 heavy (non-hydrogen) atoms. The molecule has 3 N–H and O–H groups in total. The van der Waals surface area contributed by atoms with Gasteiger partial charge in [0.05, 0.1) is 5.69 Å². The average Bonchev–Trinajstić information content (AvgIpc) is 2.50. The van der Waals surface area contributed by atoms with Crippen molar-refractivity contribution in [3.8, 4) is 5.75 Å². The van der Waals surface area contributed by atoms with Crippen LogP contribution in [-0.4, -0.2) is 19.7 Å². The van der Waals surface area contributed by atoms with Crippen LogP contribution in [0.5, 0.6) is 5.75 Å². The molecule has 2 aromatic rings. The standard InChI is InChI=1S/C7H8N4O.C2H6/c1-4-6(12)2-5-7(8)9-3-10-11(4)5;1-2/h2-3,12H,1H3,(H2,8,9,10);1-2H3. The number of aromatic hydroxyl groups is 1. The molecule has 2 heterocycles. The van der Waals surface area contributed by atoms with E-state index in [1.807, 2.05) is 13.8 Å². The van der Waals surface area contributed by atoms with Crippen molar-refractivity contribution in [3.05, 3.63) is 18.1 Å². The number of hydrogen-bond donors (Lipinski definition) is 2. The molecule has 0 radical (unpaired) electrons. The number of nitrogens with two attached hydrogens (primary N) is 1. The predicted octanol–water partition coefficient (Wildman–Crippen LogP) is 1.35. The van der Waals surface area contributed by atoms with Crippen molar-refractivity contribution in [2.75, 3.05) is 5.73 Å². The van der Waals surface area contributed by atoms with Crippen LogP contribution in [0.3, 0.4) is 0 Å². The first kappa shape index (κ1) is 10.3. The minimum absolute atomic E-state index is 0.183. The highest BCUT2D eigenvalue weighted by molar-refractivity contribution is 5.68. The summed E-state index contributed by atoms with van der Waals surface area (Å²) in [5.74, 6) is 0.551. The Morgan fingerprint density at radius 2 is 2.07 bits per heavy atom. The molecule has 0 unspecified atom stereocenters. The Morgan fingerprint density at radius 3 is 2.64 bits per heavy atom. The first-order valence-corrected chi connectivity index (χ1v) is 4.48. The van der Waals surface area contributed by atoms with Gasteiger partial charge in [0, 0.05) is 6.07 Å². The van der Waals surface area contributed by atoms with Crippen LogP contribution in [0.2, 0.25) is 0 Å². The molecule has 2 rings (SSSR count). The normalized spacial score (nSPS) is 9.64. The van der Waals surface area contributed by atoms with Crippen LogP contribution < -0.4 is 5.73 Å². The van der Waals surface area contributed by atoms with E-state index in [4.69, 9.17) is 5.73 Å². The predicted molar refractivity (Wildman–Crippen MR) is 55.1 cm³/mol. The smallest absolute Gasteiger partial charge is 0.151 e. The van der Waals surface area contributed by atoms with Crippen molar-refractivity contribution in [1.82, 2.24) is 14.6 Å². The van der Waals surface area contributed by atoms with Crippen LogP contribution in [0.1, 0.15) is 19.5 Å². The lowest BCUT2D eigenvalue weighted by atomic mass is 10.4. The fourth-order valence-corrected chi connectivity index (χ4v) is 1.12. The van der Waals surface area contributed by atoms with E-state index in [2.05, 4.69) is 10.1 Å². The van der Waals surface area contributed by atoms with Gasteiger partial charge in [0.2, 0.25) is 0 Å². The number of aryl methyl sites for hydroxylation is 1. The van der Waals surface area contributed by atoms with Gasteiger partial charge in [-0.05, 0) is 6.92 Å². The number of nitrogen functional groups attached to an aromatic ring is 1. The Morgan fingerprint density at radius 1 is 1.43 bits per heavy atom. The molecule has 0 saturated heterocycles. The highest BCUT2D eigenvalue weighted by Crippen LogP contribution is 2.22. The minimum Gasteiger partial charge on any atom is -0.506 e. The van der Waals surface area contributed by atoms with Gasteiger partial charge < -0.3 is 10.8 Å². The van der Waals surface area contributed by atoms with E-state index >= 15 is 0 Å². The Balaban J connectivity index is 0.000000461. The molecule has 76 valence electrons. The van der Waals surface area contributed by atoms with Crippen LogP contribution in [-0.2, 0) is 0 Å². The summed E-state index contributed by atoms with van der Waals surface area (Å²) in [5, 5.41) is 13.3. The first-order valence-electron chi connectivity index (χ1n) is 4.48. The summed E-state index contributed by atoms with van der Waals surface area (Å²) in [6, 6.07) is 1.55. The van der Waals surface area contributed by atoms with Crippen molar-refractivity contribution in [2.45, 2.75) is 20.8 Å². The van der Waals surface area contributed by atoms with E-state index in [0.717, 1.165) is 0 Å². The Kier molecular flexibility index (Phi) is 2.91. The average molecular weight is 194 g/mol. The lowest BCUT2D eigenvalue weighted by molar-refractivity contribution is 0.470. The van der Waals surface area contributed by atoms with Gasteiger partial charge >= 0.3 is 0 Å². The maximum Gasteiger partial charge on any atom is 0.151 e. The summed E-state index contributed by atoms with van der Waals surface area (Å²) in [5.41, 5.74) is 6.85. The molecule has 0 aliphatic heterocycles. The SMILES string of the molecule is CC.Cc1c(O)cc2c(N)ncnn12. The van der Waals surface area contributed by atoms with Crippen molar-refractivity contribution in [3.63, 3.8) is 0 Å². The van der Waals surface area contributed by atoms with Crippen LogP contribution >= 0.6 is 0 Å². The van der Waals surface area contributed by atoms with Gasteiger partial charge in [-0.2, -0.15) is 5.10 Å². The number of rotatable bonds is 0.